The zero-order valence-corrected chi connectivity index (χ0v) is 26.1. The van der Waals surface area contributed by atoms with Gasteiger partial charge in [-0.3, -0.25) is 4.90 Å². The predicted octanol–water partition coefficient (Wildman–Crippen LogP) is 8.79. The summed E-state index contributed by atoms with van der Waals surface area (Å²) in [6.07, 6.45) is 19.4. The van der Waals surface area contributed by atoms with Crippen molar-refractivity contribution in [3.63, 3.8) is 0 Å². The maximum absolute atomic E-state index is 4.47. The van der Waals surface area contributed by atoms with Crippen LogP contribution < -0.4 is 16.0 Å². The van der Waals surface area contributed by atoms with Gasteiger partial charge in [-0.25, -0.2) is 9.97 Å². The van der Waals surface area contributed by atoms with Crippen LogP contribution in [0.4, 0.5) is 17.3 Å². The Kier molecular flexibility index (Phi) is 15.9. The van der Waals surface area contributed by atoms with Crippen LogP contribution in [-0.4, -0.2) is 48.1 Å². The molecule has 2 aromatic rings. The summed E-state index contributed by atoms with van der Waals surface area (Å²) in [5.41, 5.74) is 6.34. The zero-order chi connectivity index (χ0) is 29.9. The number of piperidine rings is 1. The van der Waals surface area contributed by atoms with Gasteiger partial charge in [0.25, 0.3) is 0 Å². The van der Waals surface area contributed by atoms with Gasteiger partial charge in [0.1, 0.15) is 18.0 Å². The molecule has 222 valence electrons. The van der Waals surface area contributed by atoms with E-state index in [1.165, 1.54) is 50.8 Å². The number of allylic oxidation sites excluding steroid dienone is 3. The van der Waals surface area contributed by atoms with Crippen molar-refractivity contribution in [2.24, 2.45) is 0 Å². The molecular weight excluding hydrogens is 504 g/mol. The average Bonchev–Trinajstić information content (AvgIpc) is 3.00. The molecule has 0 saturated carbocycles. The van der Waals surface area contributed by atoms with Crippen molar-refractivity contribution in [1.82, 2.24) is 14.9 Å². The summed E-state index contributed by atoms with van der Waals surface area (Å²) in [6, 6.07) is 8.36. The fraction of sp³-hybridized carbons (Fsp3) is 0.429. The second kappa shape index (κ2) is 19.4. The Balaban J connectivity index is 0.00000287. The molecule has 0 spiro atoms. The number of nitrogens with one attached hydrogen (secondary N) is 3. The van der Waals surface area contributed by atoms with Crippen LogP contribution in [0.25, 0.3) is 12.2 Å². The van der Waals surface area contributed by atoms with Gasteiger partial charge in [-0.15, -0.1) is 0 Å². The number of hydrogen-bond acceptors (Lipinski definition) is 6. The molecule has 0 amide bonds. The highest BCUT2D eigenvalue weighted by Gasteiger charge is 2.11. The first-order valence-corrected chi connectivity index (χ1v) is 15.3. The lowest BCUT2D eigenvalue weighted by molar-refractivity contribution is 0.248. The van der Waals surface area contributed by atoms with E-state index in [4.69, 9.17) is 0 Å². The standard InChI is InChI=1S/C33H46N6.C2H6/c1-6-8-10-20-35-33-31(32(34-5)36-25-37-33)19-16-28-14-17-30(18-15-28)38-27(4)26(3)23-29(13-7-2)24-39-21-11-9-12-22-39;1-2/h7,13-19,23,25,38H,2,4,6,8-12,20-22,24H2,1,3,5H3,(H2,34,35,36,37);1-2H3/b19-16+,26-23+,29-13+;. The molecule has 1 aromatic carbocycles. The quantitative estimate of drug-likeness (QED) is 0.150. The molecule has 1 aromatic heterocycles. The van der Waals surface area contributed by atoms with Crippen LogP contribution in [0.15, 0.2) is 78.8 Å². The molecule has 1 saturated heterocycles. The molecule has 1 fully saturated rings. The SMILES string of the molecule is C=C/C=C(\C=C(/C)C(=C)Nc1ccc(/C=C/c2c(NC)ncnc2NCCCCC)cc1)CN1CCCCC1.CC. The van der Waals surface area contributed by atoms with Gasteiger partial charge in [0.15, 0.2) is 0 Å². The van der Waals surface area contributed by atoms with Crippen molar-refractivity contribution in [1.29, 1.82) is 0 Å². The first-order chi connectivity index (χ1) is 20.0. The first-order valence-electron chi connectivity index (χ1n) is 15.3. The van der Waals surface area contributed by atoms with Crippen LogP contribution in [0.3, 0.4) is 0 Å². The third-order valence-electron chi connectivity index (χ3n) is 6.91. The number of rotatable bonds is 15. The Hall–Kier alpha value is -3.64. The average molecular weight is 557 g/mol. The fourth-order valence-electron chi connectivity index (χ4n) is 4.64. The van der Waals surface area contributed by atoms with E-state index < -0.39 is 0 Å². The number of unbranched alkanes of at least 4 members (excludes halogenated alkanes) is 2. The van der Waals surface area contributed by atoms with E-state index in [-0.39, 0.29) is 0 Å². The Morgan fingerprint density at radius 2 is 1.71 bits per heavy atom. The summed E-state index contributed by atoms with van der Waals surface area (Å²) in [6.45, 7) is 20.7. The summed E-state index contributed by atoms with van der Waals surface area (Å²) < 4.78 is 0. The van der Waals surface area contributed by atoms with Crippen molar-refractivity contribution in [3.8, 4) is 0 Å². The number of nitrogens with zero attached hydrogens (tertiary/aromatic N) is 3. The Morgan fingerprint density at radius 3 is 2.37 bits per heavy atom. The molecule has 41 heavy (non-hydrogen) atoms. The Bertz CT molecular complexity index is 1150. The maximum atomic E-state index is 4.47. The molecule has 0 radical (unpaired) electrons. The fourth-order valence-corrected chi connectivity index (χ4v) is 4.64. The van der Waals surface area contributed by atoms with Crippen LogP contribution in [0.2, 0.25) is 0 Å². The molecule has 3 rings (SSSR count). The normalized spacial score (nSPS) is 14.3. The van der Waals surface area contributed by atoms with Crippen molar-refractivity contribution < 1.29 is 0 Å². The lowest BCUT2D eigenvalue weighted by Crippen LogP contribution is -2.31. The largest absolute Gasteiger partial charge is 0.372 e. The number of likely N-dealkylation sites (tertiary alicyclic amines) is 1. The molecule has 1 aliphatic rings. The van der Waals surface area contributed by atoms with Crippen molar-refractivity contribution in [2.45, 2.75) is 66.2 Å². The highest BCUT2D eigenvalue weighted by molar-refractivity contribution is 5.81. The highest BCUT2D eigenvalue weighted by atomic mass is 15.1. The molecule has 6 nitrogen and oxygen atoms in total. The third-order valence-corrected chi connectivity index (χ3v) is 6.91. The number of hydrogen-bond donors (Lipinski definition) is 3. The molecule has 3 N–H and O–H groups in total. The molecule has 0 unspecified atom stereocenters. The third kappa shape index (κ3) is 11.8. The van der Waals surface area contributed by atoms with Crippen molar-refractivity contribution >= 4 is 29.5 Å². The highest BCUT2D eigenvalue weighted by Crippen LogP contribution is 2.24. The molecule has 2 heterocycles. The van der Waals surface area contributed by atoms with E-state index in [0.717, 1.165) is 59.2 Å². The molecule has 0 atom stereocenters. The van der Waals surface area contributed by atoms with E-state index in [1.807, 2.05) is 27.0 Å². The lowest BCUT2D eigenvalue weighted by atomic mass is 10.1. The number of aromatic nitrogens is 2. The van der Waals surface area contributed by atoms with Gasteiger partial charge in [-0.2, -0.15) is 0 Å². The van der Waals surface area contributed by atoms with Crippen LogP contribution in [0.1, 0.15) is 77.3 Å². The zero-order valence-electron chi connectivity index (χ0n) is 26.1. The van der Waals surface area contributed by atoms with E-state index in [2.05, 4.69) is 106 Å². The van der Waals surface area contributed by atoms with Crippen molar-refractivity contribution in [3.05, 3.63) is 89.9 Å². The van der Waals surface area contributed by atoms with Gasteiger partial charge in [-0.1, -0.05) is 89.6 Å². The molecule has 0 bridgehead atoms. The number of benzene rings is 1. The molecule has 0 aliphatic carbocycles. The van der Waals surface area contributed by atoms with Gasteiger partial charge >= 0.3 is 0 Å². The van der Waals surface area contributed by atoms with Gasteiger partial charge in [0.2, 0.25) is 0 Å². The second-order valence-electron chi connectivity index (χ2n) is 10.1. The molecular formula is C35H52N6. The summed E-state index contributed by atoms with van der Waals surface area (Å²) >= 11 is 0. The van der Waals surface area contributed by atoms with E-state index in [1.54, 1.807) is 6.33 Å². The summed E-state index contributed by atoms with van der Waals surface area (Å²) in [4.78, 5) is 11.4. The van der Waals surface area contributed by atoms with Gasteiger partial charge < -0.3 is 16.0 Å². The monoisotopic (exact) mass is 556 g/mol. The second-order valence-corrected chi connectivity index (χ2v) is 10.1. The lowest BCUT2D eigenvalue weighted by Gasteiger charge is -2.27. The minimum absolute atomic E-state index is 0.807. The van der Waals surface area contributed by atoms with E-state index >= 15 is 0 Å². The van der Waals surface area contributed by atoms with Gasteiger partial charge in [0.05, 0.1) is 5.56 Å². The Morgan fingerprint density at radius 1 is 1.00 bits per heavy atom. The van der Waals surface area contributed by atoms with Crippen LogP contribution >= 0.6 is 0 Å². The minimum atomic E-state index is 0.807. The van der Waals surface area contributed by atoms with Gasteiger partial charge in [0, 0.05) is 31.5 Å². The topological polar surface area (TPSA) is 65.1 Å². The van der Waals surface area contributed by atoms with Crippen LogP contribution in [0, 0.1) is 0 Å². The molecule has 6 heteroatoms. The first kappa shape index (κ1) is 33.6. The maximum Gasteiger partial charge on any atom is 0.138 e. The van der Waals surface area contributed by atoms with Crippen LogP contribution in [0.5, 0.6) is 0 Å². The summed E-state index contributed by atoms with van der Waals surface area (Å²) in [7, 11) is 1.88. The number of anilines is 3. The van der Waals surface area contributed by atoms with Crippen LogP contribution in [-0.2, 0) is 0 Å². The predicted molar refractivity (Wildman–Crippen MR) is 181 cm³/mol. The van der Waals surface area contributed by atoms with E-state index in [0.29, 0.717) is 0 Å². The van der Waals surface area contributed by atoms with E-state index in [9.17, 15) is 0 Å². The van der Waals surface area contributed by atoms with Crippen molar-refractivity contribution in [2.75, 3.05) is 49.2 Å². The Labute approximate surface area is 249 Å². The summed E-state index contributed by atoms with van der Waals surface area (Å²) in [5.74, 6) is 1.66. The van der Waals surface area contributed by atoms with Gasteiger partial charge in [-0.05, 0) is 74.2 Å². The summed E-state index contributed by atoms with van der Waals surface area (Å²) in [5, 5.41) is 10.1. The molecule has 1 aliphatic heterocycles. The smallest absolute Gasteiger partial charge is 0.138 e. The minimum Gasteiger partial charge on any atom is -0.372 e.